The van der Waals surface area contributed by atoms with Crippen molar-refractivity contribution in [1.29, 1.82) is 0 Å². The molecule has 3 fully saturated rings. The first-order chi connectivity index (χ1) is 15.6. The van der Waals surface area contributed by atoms with E-state index in [4.69, 9.17) is 4.43 Å². The summed E-state index contributed by atoms with van der Waals surface area (Å²) >= 11 is 0. The highest BCUT2D eigenvalue weighted by molar-refractivity contribution is 6.74. The van der Waals surface area contributed by atoms with Gasteiger partial charge in [-0.2, -0.15) is 0 Å². The van der Waals surface area contributed by atoms with Gasteiger partial charge < -0.3 is 4.43 Å². The largest absolute Gasteiger partial charge is 0.413 e. The Morgan fingerprint density at radius 2 is 1.67 bits per heavy atom. The zero-order chi connectivity index (χ0) is 23.4. The molecule has 0 spiro atoms. The molecule has 0 aliphatic heterocycles. The minimum Gasteiger partial charge on any atom is -0.413 e. The fourth-order valence-electron chi connectivity index (χ4n) is 7.78. The molecule has 0 radical (unpaired) electrons. The zero-order valence-electron chi connectivity index (χ0n) is 22.3. The summed E-state index contributed by atoms with van der Waals surface area (Å²) in [7, 11) is -1.69. The topological polar surface area (TPSA) is 9.23 Å². The minimum atomic E-state index is -1.69. The van der Waals surface area contributed by atoms with E-state index < -0.39 is 8.32 Å². The standard InChI is InChI=1S/C31H48OSi/c1-30(2,3)33(5,6)32-21-22-9-11-23(12-10-22)24-13-15-26-25(20-24)14-16-28-27(26)17-19-31(4)18-7-8-29(28)31/h9-12,24-25,28-29H,7-8,13-21H2,1-6H3/t24?,25?,28-,29+,31+/m1/s1. The predicted octanol–water partition coefficient (Wildman–Crippen LogP) is 9.40. The Morgan fingerprint density at radius 3 is 2.39 bits per heavy atom. The quantitative estimate of drug-likeness (QED) is 0.318. The lowest BCUT2D eigenvalue weighted by molar-refractivity contribution is 0.106. The van der Waals surface area contributed by atoms with Gasteiger partial charge in [0.25, 0.3) is 0 Å². The lowest BCUT2D eigenvalue weighted by Gasteiger charge is -2.49. The van der Waals surface area contributed by atoms with E-state index in [0.29, 0.717) is 5.41 Å². The van der Waals surface area contributed by atoms with Crippen LogP contribution in [0.2, 0.25) is 18.1 Å². The maximum Gasteiger partial charge on any atom is 0.192 e. The molecule has 0 N–H and O–H groups in total. The van der Waals surface area contributed by atoms with E-state index in [9.17, 15) is 0 Å². The second kappa shape index (κ2) is 8.66. The molecule has 4 aliphatic carbocycles. The van der Waals surface area contributed by atoms with Crippen molar-refractivity contribution in [2.24, 2.45) is 23.2 Å². The van der Waals surface area contributed by atoms with E-state index in [1.54, 1.807) is 5.56 Å². The van der Waals surface area contributed by atoms with Crippen molar-refractivity contribution in [2.45, 2.75) is 123 Å². The summed E-state index contributed by atoms with van der Waals surface area (Å²) in [5.74, 6) is 3.59. The molecule has 0 heterocycles. The van der Waals surface area contributed by atoms with E-state index >= 15 is 0 Å². The predicted molar refractivity (Wildman–Crippen MR) is 143 cm³/mol. The second-order valence-electron chi connectivity index (χ2n) is 13.8. The Bertz CT molecular complexity index is 888. The third-order valence-corrected chi connectivity index (χ3v) is 15.5. The number of benzene rings is 1. The van der Waals surface area contributed by atoms with Gasteiger partial charge >= 0.3 is 0 Å². The van der Waals surface area contributed by atoms with Gasteiger partial charge in [-0.1, -0.05) is 69.5 Å². The number of hydrogen-bond acceptors (Lipinski definition) is 1. The van der Waals surface area contributed by atoms with Crippen LogP contribution in [-0.2, 0) is 11.0 Å². The highest BCUT2D eigenvalue weighted by Gasteiger charge is 2.49. The average Bonchev–Trinajstić information content (AvgIpc) is 3.18. The van der Waals surface area contributed by atoms with Gasteiger partial charge in [-0.05, 0) is 116 Å². The number of hydrogen-bond donors (Lipinski definition) is 0. The molecule has 2 unspecified atom stereocenters. The van der Waals surface area contributed by atoms with Gasteiger partial charge in [0.1, 0.15) is 0 Å². The maximum absolute atomic E-state index is 6.46. The Kier molecular flexibility index (Phi) is 6.26. The third kappa shape index (κ3) is 4.44. The molecular weight excluding hydrogens is 416 g/mol. The molecule has 0 amide bonds. The van der Waals surface area contributed by atoms with E-state index in [0.717, 1.165) is 30.3 Å². The minimum absolute atomic E-state index is 0.273. The lowest BCUT2D eigenvalue weighted by atomic mass is 9.56. The van der Waals surface area contributed by atoms with Crippen molar-refractivity contribution >= 4 is 8.32 Å². The molecule has 0 saturated heterocycles. The highest BCUT2D eigenvalue weighted by Crippen LogP contribution is 2.61. The fourth-order valence-corrected chi connectivity index (χ4v) is 8.74. The molecular formula is C31H48OSi. The van der Waals surface area contributed by atoms with Crippen LogP contribution >= 0.6 is 0 Å². The van der Waals surface area contributed by atoms with Crippen molar-refractivity contribution in [3.63, 3.8) is 0 Å². The van der Waals surface area contributed by atoms with Crippen LogP contribution in [0.1, 0.15) is 109 Å². The number of allylic oxidation sites excluding steroid dienone is 2. The molecule has 0 aromatic heterocycles. The maximum atomic E-state index is 6.46. The summed E-state index contributed by atoms with van der Waals surface area (Å²) in [6, 6.07) is 9.53. The van der Waals surface area contributed by atoms with E-state index in [2.05, 4.69) is 65.1 Å². The molecule has 33 heavy (non-hydrogen) atoms. The monoisotopic (exact) mass is 464 g/mol. The van der Waals surface area contributed by atoms with Gasteiger partial charge in [0, 0.05) is 0 Å². The summed E-state index contributed by atoms with van der Waals surface area (Å²) in [4.78, 5) is 0. The smallest absolute Gasteiger partial charge is 0.192 e. The third-order valence-electron chi connectivity index (χ3n) is 11.0. The van der Waals surface area contributed by atoms with Crippen molar-refractivity contribution in [3.05, 3.63) is 46.5 Å². The molecule has 5 atom stereocenters. The van der Waals surface area contributed by atoms with Crippen molar-refractivity contribution in [1.82, 2.24) is 0 Å². The summed E-state index contributed by atoms with van der Waals surface area (Å²) in [5, 5.41) is 0.273. The van der Waals surface area contributed by atoms with Crippen LogP contribution in [0.3, 0.4) is 0 Å². The van der Waals surface area contributed by atoms with Crippen LogP contribution < -0.4 is 0 Å². The van der Waals surface area contributed by atoms with Gasteiger partial charge in [-0.15, -0.1) is 0 Å². The van der Waals surface area contributed by atoms with Crippen LogP contribution in [0, 0.1) is 23.2 Å². The van der Waals surface area contributed by atoms with E-state index in [-0.39, 0.29) is 5.04 Å². The molecule has 4 aliphatic rings. The first-order valence-corrected chi connectivity index (χ1v) is 16.9. The Labute approximate surface area is 204 Å². The summed E-state index contributed by atoms with van der Waals surface area (Å²) < 4.78 is 6.46. The number of fused-ring (bicyclic) bond motifs is 4. The second-order valence-corrected chi connectivity index (χ2v) is 18.7. The van der Waals surface area contributed by atoms with E-state index in [1.807, 2.05) is 11.1 Å². The molecule has 0 bridgehead atoms. The first kappa shape index (κ1) is 23.9. The Hall–Kier alpha value is -0.863. The molecule has 182 valence electrons. The molecule has 3 saturated carbocycles. The first-order valence-electron chi connectivity index (χ1n) is 14.0. The zero-order valence-corrected chi connectivity index (χ0v) is 23.3. The van der Waals surface area contributed by atoms with Crippen molar-refractivity contribution < 1.29 is 4.43 Å². The molecule has 2 heteroatoms. The van der Waals surface area contributed by atoms with Crippen LogP contribution in [0.15, 0.2) is 35.4 Å². The average molecular weight is 465 g/mol. The summed E-state index contributed by atoms with van der Waals surface area (Å²) in [6.45, 7) is 15.1. The van der Waals surface area contributed by atoms with Crippen LogP contribution in [0.25, 0.3) is 0 Å². The van der Waals surface area contributed by atoms with Gasteiger partial charge in [0.15, 0.2) is 8.32 Å². The highest BCUT2D eigenvalue weighted by atomic mass is 28.4. The van der Waals surface area contributed by atoms with Crippen LogP contribution in [0.4, 0.5) is 0 Å². The molecule has 1 aromatic rings. The van der Waals surface area contributed by atoms with Crippen LogP contribution in [-0.4, -0.2) is 8.32 Å². The van der Waals surface area contributed by atoms with Gasteiger partial charge in [0.2, 0.25) is 0 Å². The molecule has 5 rings (SSSR count). The van der Waals surface area contributed by atoms with Gasteiger partial charge in [0.05, 0.1) is 6.61 Å². The van der Waals surface area contributed by atoms with Crippen molar-refractivity contribution in [2.75, 3.05) is 0 Å². The molecule has 1 nitrogen and oxygen atoms in total. The summed E-state index contributed by atoms with van der Waals surface area (Å²) in [6.07, 6.45) is 14.5. The summed E-state index contributed by atoms with van der Waals surface area (Å²) in [5.41, 5.74) is 7.49. The normalized spacial score (nSPS) is 34.6. The fraction of sp³-hybridized carbons (Fsp3) is 0.742. The Morgan fingerprint density at radius 1 is 0.909 bits per heavy atom. The van der Waals surface area contributed by atoms with E-state index in [1.165, 1.54) is 69.8 Å². The van der Waals surface area contributed by atoms with Crippen LogP contribution in [0.5, 0.6) is 0 Å². The van der Waals surface area contributed by atoms with Gasteiger partial charge in [-0.3, -0.25) is 0 Å². The van der Waals surface area contributed by atoms with Crippen molar-refractivity contribution in [3.8, 4) is 0 Å². The Balaban J connectivity index is 1.23. The number of rotatable bonds is 4. The lowest BCUT2D eigenvalue weighted by Crippen LogP contribution is -2.40. The SMILES string of the molecule is CC(C)(C)[Si](C)(C)OCc1ccc(C2CCC3=C4CC[C@]5(C)CCC[C@H]5[C@@H]4CCC3C2)cc1. The molecule has 1 aromatic carbocycles. The van der Waals surface area contributed by atoms with Gasteiger partial charge in [-0.25, -0.2) is 0 Å².